The fourth-order valence-corrected chi connectivity index (χ4v) is 5.05. The van der Waals surface area contributed by atoms with Crippen LogP contribution in [0.4, 0.5) is 0 Å². The van der Waals surface area contributed by atoms with Crippen LogP contribution in [0.15, 0.2) is 27.8 Å². The number of hydrogen-bond donors (Lipinski definition) is 1. The van der Waals surface area contributed by atoms with Crippen molar-refractivity contribution < 1.29 is 19.1 Å². The van der Waals surface area contributed by atoms with Crippen molar-refractivity contribution >= 4 is 44.4 Å². The van der Waals surface area contributed by atoms with Gasteiger partial charge in [-0.05, 0) is 37.1 Å². The fraction of sp³-hybridized carbons (Fsp3) is 0.273. The number of carbonyl (C=O) groups is 2. The molecule has 0 fully saturated rings. The van der Waals surface area contributed by atoms with Crippen LogP contribution in [-0.4, -0.2) is 38.6 Å². The van der Waals surface area contributed by atoms with Gasteiger partial charge in [-0.1, -0.05) is 0 Å². The lowest BCUT2D eigenvalue weighted by Gasteiger charge is -2.06. The summed E-state index contributed by atoms with van der Waals surface area (Å²) in [7, 11) is 1.26. The lowest BCUT2D eigenvalue weighted by atomic mass is 10.1. The van der Waals surface area contributed by atoms with E-state index in [2.05, 4.69) is 15.0 Å². The molecule has 11 heteroatoms. The van der Waals surface area contributed by atoms with Gasteiger partial charge in [-0.3, -0.25) is 14.2 Å². The molecule has 0 spiro atoms. The molecule has 0 amide bonds. The van der Waals surface area contributed by atoms with Gasteiger partial charge in [0.1, 0.15) is 28.0 Å². The standard InChI is InChI=1S/C22H18N4O6S/c1-10-16-19(25-15-4-3-7-26(15)20(16)28)33-17(10)22(30)32-9-14-23-13-8-11(21(29)31-2)5-6-12(13)18(27)24-14/h5-6,8H,3-4,7,9H2,1-2H3,(H,23,24,27). The van der Waals surface area contributed by atoms with Crippen molar-refractivity contribution in [3.05, 3.63) is 66.6 Å². The average Bonchev–Trinajstić information content (AvgIpc) is 3.41. The molecule has 0 radical (unpaired) electrons. The Hall–Kier alpha value is -3.86. The minimum absolute atomic E-state index is 0.124. The lowest BCUT2D eigenvalue weighted by molar-refractivity contribution is 0.0467. The highest BCUT2D eigenvalue weighted by atomic mass is 32.1. The summed E-state index contributed by atoms with van der Waals surface area (Å²) in [5.41, 5.74) is 0.493. The summed E-state index contributed by atoms with van der Waals surface area (Å²) < 4.78 is 11.7. The largest absolute Gasteiger partial charge is 0.465 e. The van der Waals surface area contributed by atoms with Crippen LogP contribution >= 0.6 is 11.3 Å². The molecular weight excluding hydrogens is 448 g/mol. The Morgan fingerprint density at radius 1 is 1.21 bits per heavy atom. The quantitative estimate of drug-likeness (QED) is 0.452. The van der Waals surface area contributed by atoms with Crippen molar-refractivity contribution in [2.75, 3.05) is 7.11 Å². The molecule has 1 aliphatic rings. The molecule has 0 unspecified atom stereocenters. The second kappa shape index (κ2) is 7.93. The summed E-state index contributed by atoms with van der Waals surface area (Å²) in [6.07, 6.45) is 1.62. The number of H-pyrrole nitrogens is 1. The van der Waals surface area contributed by atoms with Gasteiger partial charge in [0.05, 0.1) is 29.0 Å². The van der Waals surface area contributed by atoms with E-state index in [0.29, 0.717) is 22.3 Å². The zero-order valence-electron chi connectivity index (χ0n) is 17.8. The van der Waals surface area contributed by atoms with Crippen LogP contribution in [0.3, 0.4) is 0 Å². The number of nitrogens with zero attached hydrogens (tertiary/aromatic N) is 3. The van der Waals surface area contributed by atoms with Crippen molar-refractivity contribution in [3.63, 3.8) is 0 Å². The summed E-state index contributed by atoms with van der Waals surface area (Å²) in [5, 5.41) is 0.725. The minimum atomic E-state index is -0.633. The molecule has 5 rings (SSSR count). The summed E-state index contributed by atoms with van der Waals surface area (Å²) in [5.74, 6) is -0.328. The van der Waals surface area contributed by atoms with Crippen molar-refractivity contribution in [2.45, 2.75) is 32.9 Å². The number of benzene rings is 1. The average molecular weight is 466 g/mol. The number of carbonyl (C=O) groups excluding carboxylic acids is 2. The Bertz CT molecular complexity index is 1580. The molecule has 1 aromatic carbocycles. The molecule has 0 saturated heterocycles. The van der Waals surface area contributed by atoms with Gasteiger partial charge in [0.25, 0.3) is 11.1 Å². The van der Waals surface area contributed by atoms with Crippen LogP contribution in [0.5, 0.6) is 0 Å². The summed E-state index contributed by atoms with van der Waals surface area (Å²) >= 11 is 1.12. The highest BCUT2D eigenvalue weighted by Crippen LogP contribution is 2.29. The van der Waals surface area contributed by atoms with Gasteiger partial charge in [0, 0.05) is 13.0 Å². The molecule has 0 aliphatic carbocycles. The van der Waals surface area contributed by atoms with E-state index in [1.165, 1.54) is 25.3 Å². The van der Waals surface area contributed by atoms with Gasteiger partial charge >= 0.3 is 11.9 Å². The van der Waals surface area contributed by atoms with E-state index in [1.807, 2.05) is 0 Å². The molecule has 33 heavy (non-hydrogen) atoms. The molecule has 4 heterocycles. The maximum absolute atomic E-state index is 12.8. The third kappa shape index (κ3) is 3.50. The van der Waals surface area contributed by atoms with Gasteiger partial charge in [-0.15, -0.1) is 11.3 Å². The number of fused-ring (bicyclic) bond motifs is 3. The maximum atomic E-state index is 12.8. The third-order valence-electron chi connectivity index (χ3n) is 5.61. The number of nitrogens with one attached hydrogen (secondary N) is 1. The molecule has 4 aromatic rings. The molecule has 3 aromatic heterocycles. The van der Waals surface area contributed by atoms with E-state index in [4.69, 9.17) is 9.47 Å². The number of aromatic nitrogens is 4. The van der Waals surface area contributed by atoms with Crippen LogP contribution in [-0.2, 0) is 29.0 Å². The first-order valence-electron chi connectivity index (χ1n) is 10.2. The molecule has 0 saturated carbocycles. The Balaban J connectivity index is 1.43. The first kappa shape index (κ1) is 21.0. The maximum Gasteiger partial charge on any atom is 0.349 e. The Labute approximate surface area is 189 Å². The van der Waals surface area contributed by atoms with Gasteiger partial charge in [-0.25, -0.2) is 19.6 Å². The SMILES string of the molecule is COC(=O)c1ccc2c(=O)[nH]c(COC(=O)c3sc4nc5n(c(=O)c4c3C)CCC5)nc2c1. The Morgan fingerprint density at radius 2 is 2.03 bits per heavy atom. The highest BCUT2D eigenvalue weighted by molar-refractivity contribution is 7.20. The number of thiophene rings is 1. The zero-order valence-corrected chi connectivity index (χ0v) is 18.6. The van der Waals surface area contributed by atoms with E-state index in [1.54, 1.807) is 11.5 Å². The van der Waals surface area contributed by atoms with E-state index in [0.717, 1.165) is 30.0 Å². The number of ether oxygens (including phenoxy) is 2. The number of rotatable bonds is 4. The number of methoxy groups -OCH3 is 1. The number of hydrogen-bond acceptors (Lipinski definition) is 9. The zero-order chi connectivity index (χ0) is 23.3. The van der Waals surface area contributed by atoms with Gasteiger partial charge in [-0.2, -0.15) is 0 Å². The predicted octanol–water partition coefficient (Wildman–Crippen LogP) is 2.09. The molecule has 10 nitrogen and oxygen atoms in total. The van der Waals surface area contributed by atoms with Crippen LogP contribution < -0.4 is 11.1 Å². The van der Waals surface area contributed by atoms with E-state index in [-0.39, 0.29) is 39.3 Å². The van der Waals surface area contributed by atoms with E-state index in [9.17, 15) is 19.2 Å². The smallest absolute Gasteiger partial charge is 0.349 e. The van der Waals surface area contributed by atoms with E-state index < -0.39 is 17.5 Å². The Morgan fingerprint density at radius 3 is 2.82 bits per heavy atom. The number of aryl methyl sites for hydroxylation is 2. The summed E-state index contributed by atoms with van der Waals surface area (Å²) in [6, 6.07) is 4.39. The molecule has 168 valence electrons. The van der Waals surface area contributed by atoms with Gasteiger partial charge in [0.2, 0.25) is 0 Å². The van der Waals surface area contributed by atoms with Crippen molar-refractivity contribution in [3.8, 4) is 0 Å². The molecule has 1 aliphatic heterocycles. The van der Waals surface area contributed by atoms with Crippen molar-refractivity contribution in [1.82, 2.24) is 19.5 Å². The second-order valence-corrected chi connectivity index (χ2v) is 8.64. The lowest BCUT2D eigenvalue weighted by Crippen LogP contribution is -2.20. The first-order valence-corrected chi connectivity index (χ1v) is 11.0. The second-order valence-electron chi connectivity index (χ2n) is 7.64. The molecule has 0 bridgehead atoms. The van der Waals surface area contributed by atoms with Gasteiger partial charge in [0.15, 0.2) is 0 Å². The fourth-order valence-electron chi connectivity index (χ4n) is 3.97. The van der Waals surface area contributed by atoms with Crippen LogP contribution in [0.25, 0.3) is 21.1 Å². The van der Waals surface area contributed by atoms with Crippen LogP contribution in [0.2, 0.25) is 0 Å². The monoisotopic (exact) mass is 466 g/mol. The molecule has 1 N–H and O–H groups in total. The van der Waals surface area contributed by atoms with Crippen molar-refractivity contribution in [1.29, 1.82) is 0 Å². The first-order chi connectivity index (χ1) is 15.9. The predicted molar refractivity (Wildman–Crippen MR) is 120 cm³/mol. The summed E-state index contributed by atoms with van der Waals surface area (Å²) in [4.78, 5) is 62.0. The topological polar surface area (TPSA) is 133 Å². The third-order valence-corrected chi connectivity index (χ3v) is 6.78. The normalized spacial score (nSPS) is 12.8. The van der Waals surface area contributed by atoms with E-state index >= 15 is 0 Å². The molecule has 0 atom stereocenters. The summed E-state index contributed by atoms with van der Waals surface area (Å²) in [6.45, 7) is 2.04. The molecular formula is C22H18N4O6S. The van der Waals surface area contributed by atoms with Crippen molar-refractivity contribution in [2.24, 2.45) is 0 Å². The Kier molecular flexibility index (Phi) is 5.05. The minimum Gasteiger partial charge on any atom is -0.465 e. The van der Waals surface area contributed by atoms with Gasteiger partial charge < -0.3 is 14.5 Å². The van der Waals surface area contributed by atoms with Crippen LogP contribution in [0, 0.1) is 6.92 Å². The highest BCUT2D eigenvalue weighted by Gasteiger charge is 2.24. The van der Waals surface area contributed by atoms with Crippen LogP contribution in [0.1, 0.15) is 43.7 Å². The number of aromatic amines is 1. The number of esters is 2.